The molecule has 0 aliphatic carbocycles. The molecule has 2 unspecified atom stereocenters. The van der Waals surface area contributed by atoms with E-state index in [0.29, 0.717) is 5.75 Å². The number of carbonyl (C=O) groups is 2. The lowest BCUT2D eigenvalue weighted by Crippen LogP contribution is -2.49. The third-order valence-corrected chi connectivity index (χ3v) is 3.96. The predicted molar refractivity (Wildman–Crippen MR) is 75.7 cm³/mol. The first-order valence-corrected chi connectivity index (χ1v) is 7.38. The Morgan fingerprint density at radius 3 is 2.67 bits per heavy atom. The highest BCUT2D eigenvalue weighted by molar-refractivity contribution is 7.80. The van der Waals surface area contributed by atoms with Crippen LogP contribution in [0.4, 0.5) is 0 Å². The van der Waals surface area contributed by atoms with E-state index < -0.39 is 6.04 Å². The van der Waals surface area contributed by atoms with Gasteiger partial charge in [-0.05, 0) is 25.2 Å². The number of nitrogens with zero attached hydrogens (tertiary/aromatic N) is 1. The molecule has 4 nitrogen and oxygen atoms in total. The van der Waals surface area contributed by atoms with Crippen LogP contribution in [0.5, 0.6) is 0 Å². The number of hydrogen-bond donors (Lipinski definition) is 2. The van der Waals surface area contributed by atoms with Crippen molar-refractivity contribution in [2.45, 2.75) is 45.6 Å². The molecule has 0 aromatic rings. The first kappa shape index (κ1) is 15.3. The minimum atomic E-state index is -0.482. The van der Waals surface area contributed by atoms with Crippen LogP contribution in [0.2, 0.25) is 0 Å². The van der Waals surface area contributed by atoms with E-state index in [-0.39, 0.29) is 11.8 Å². The number of likely N-dealkylation sites (tertiary alicyclic amines) is 1. The summed E-state index contributed by atoms with van der Waals surface area (Å²) < 4.78 is 0. The summed E-state index contributed by atoms with van der Waals surface area (Å²) in [6.07, 6.45) is 4.51. The highest BCUT2D eigenvalue weighted by Gasteiger charge is 2.26. The van der Waals surface area contributed by atoms with Gasteiger partial charge in [0.1, 0.15) is 6.04 Å². The second-order valence-corrected chi connectivity index (χ2v) is 5.33. The summed E-state index contributed by atoms with van der Waals surface area (Å²) >= 11 is 4.15. The van der Waals surface area contributed by atoms with Gasteiger partial charge in [0.15, 0.2) is 0 Å². The van der Waals surface area contributed by atoms with Crippen LogP contribution in [0.15, 0.2) is 0 Å². The topological polar surface area (TPSA) is 49.4 Å². The van der Waals surface area contributed by atoms with E-state index >= 15 is 0 Å². The second kappa shape index (κ2) is 7.67. The Morgan fingerprint density at radius 2 is 2.11 bits per heavy atom. The van der Waals surface area contributed by atoms with Crippen molar-refractivity contribution in [1.82, 2.24) is 10.2 Å². The Kier molecular flexibility index (Phi) is 6.54. The summed E-state index contributed by atoms with van der Waals surface area (Å²) in [5.41, 5.74) is 0. The van der Waals surface area contributed by atoms with Gasteiger partial charge in [-0.2, -0.15) is 12.6 Å². The van der Waals surface area contributed by atoms with Crippen LogP contribution in [0, 0.1) is 5.92 Å². The van der Waals surface area contributed by atoms with Crippen LogP contribution in [0.1, 0.15) is 39.5 Å². The van der Waals surface area contributed by atoms with Crippen molar-refractivity contribution in [1.29, 1.82) is 0 Å². The largest absolute Gasteiger partial charge is 0.344 e. The van der Waals surface area contributed by atoms with E-state index in [1.165, 1.54) is 19.8 Å². The molecule has 0 saturated carbocycles. The van der Waals surface area contributed by atoms with Gasteiger partial charge in [-0.15, -0.1) is 0 Å². The summed E-state index contributed by atoms with van der Waals surface area (Å²) in [5.74, 6) is 0.921. The summed E-state index contributed by atoms with van der Waals surface area (Å²) in [6.45, 7) is 5.25. The molecule has 18 heavy (non-hydrogen) atoms. The highest BCUT2D eigenvalue weighted by atomic mass is 32.1. The van der Waals surface area contributed by atoms with Crippen molar-refractivity contribution in [3.05, 3.63) is 0 Å². The minimum Gasteiger partial charge on any atom is -0.344 e. The minimum absolute atomic E-state index is 0.0111. The molecular formula is C13H24N2O2S. The lowest BCUT2D eigenvalue weighted by Gasteiger charge is -2.25. The standard InChI is InChI=1S/C13H24N2O2S/c1-3-11-5-4-7-15(8-6-11)13(17)12(9-18)14-10(2)16/h11-12,18H,3-9H2,1-2H3,(H,14,16). The van der Waals surface area contributed by atoms with Crippen LogP contribution >= 0.6 is 12.6 Å². The van der Waals surface area contributed by atoms with E-state index in [2.05, 4.69) is 24.9 Å². The van der Waals surface area contributed by atoms with E-state index in [4.69, 9.17) is 0 Å². The van der Waals surface area contributed by atoms with E-state index in [1.54, 1.807) is 0 Å². The van der Waals surface area contributed by atoms with Crippen molar-refractivity contribution in [3.63, 3.8) is 0 Å². The fraction of sp³-hybridized carbons (Fsp3) is 0.846. The average molecular weight is 272 g/mol. The normalized spacial score (nSPS) is 22.2. The van der Waals surface area contributed by atoms with Crippen LogP contribution in [-0.2, 0) is 9.59 Å². The first-order chi connectivity index (χ1) is 8.58. The second-order valence-electron chi connectivity index (χ2n) is 4.97. The molecule has 0 radical (unpaired) electrons. The van der Waals surface area contributed by atoms with Gasteiger partial charge in [-0.25, -0.2) is 0 Å². The van der Waals surface area contributed by atoms with Crippen LogP contribution in [-0.4, -0.2) is 41.6 Å². The summed E-state index contributed by atoms with van der Waals surface area (Å²) in [7, 11) is 0. The molecule has 1 fully saturated rings. The van der Waals surface area contributed by atoms with Gasteiger partial charge < -0.3 is 10.2 Å². The summed E-state index contributed by atoms with van der Waals surface area (Å²) in [4.78, 5) is 25.2. The maximum atomic E-state index is 12.3. The molecule has 0 aromatic heterocycles. The van der Waals surface area contributed by atoms with Crippen molar-refractivity contribution >= 4 is 24.4 Å². The van der Waals surface area contributed by atoms with Crippen LogP contribution < -0.4 is 5.32 Å². The Morgan fingerprint density at radius 1 is 1.39 bits per heavy atom. The lowest BCUT2D eigenvalue weighted by molar-refractivity contribution is -0.135. The van der Waals surface area contributed by atoms with Crippen molar-refractivity contribution in [2.24, 2.45) is 5.92 Å². The molecule has 1 rings (SSSR count). The average Bonchev–Trinajstić information content (AvgIpc) is 2.60. The van der Waals surface area contributed by atoms with E-state index in [9.17, 15) is 9.59 Å². The van der Waals surface area contributed by atoms with Gasteiger partial charge in [0.05, 0.1) is 0 Å². The van der Waals surface area contributed by atoms with Crippen molar-refractivity contribution < 1.29 is 9.59 Å². The molecule has 1 aliphatic rings. The molecule has 1 heterocycles. The fourth-order valence-corrected chi connectivity index (χ4v) is 2.69. The van der Waals surface area contributed by atoms with Gasteiger partial charge in [-0.3, -0.25) is 9.59 Å². The molecule has 104 valence electrons. The van der Waals surface area contributed by atoms with E-state index in [0.717, 1.165) is 31.8 Å². The Hall–Kier alpha value is -0.710. The van der Waals surface area contributed by atoms with Crippen LogP contribution in [0.3, 0.4) is 0 Å². The fourth-order valence-electron chi connectivity index (χ4n) is 2.45. The number of nitrogens with one attached hydrogen (secondary N) is 1. The lowest BCUT2D eigenvalue weighted by atomic mass is 9.98. The molecule has 1 saturated heterocycles. The first-order valence-electron chi connectivity index (χ1n) is 6.75. The molecular weight excluding hydrogens is 248 g/mol. The number of rotatable bonds is 4. The Bertz CT molecular complexity index is 297. The number of amides is 2. The molecule has 0 bridgehead atoms. The molecule has 5 heteroatoms. The molecule has 1 N–H and O–H groups in total. The summed E-state index contributed by atoms with van der Waals surface area (Å²) in [5, 5.41) is 2.67. The zero-order valence-electron chi connectivity index (χ0n) is 11.3. The zero-order chi connectivity index (χ0) is 13.5. The maximum Gasteiger partial charge on any atom is 0.245 e. The van der Waals surface area contributed by atoms with Gasteiger partial charge in [0.25, 0.3) is 0 Å². The third kappa shape index (κ3) is 4.52. The number of carbonyl (C=O) groups excluding carboxylic acids is 2. The quantitative estimate of drug-likeness (QED) is 0.761. The SMILES string of the molecule is CCC1CCCN(C(=O)C(CS)NC(C)=O)CC1. The number of hydrogen-bond acceptors (Lipinski definition) is 3. The molecule has 2 amide bonds. The van der Waals surface area contributed by atoms with Crippen LogP contribution in [0.25, 0.3) is 0 Å². The van der Waals surface area contributed by atoms with E-state index in [1.807, 2.05) is 4.90 Å². The zero-order valence-corrected chi connectivity index (χ0v) is 12.2. The van der Waals surface area contributed by atoms with Crippen molar-refractivity contribution in [3.8, 4) is 0 Å². The highest BCUT2D eigenvalue weighted by Crippen LogP contribution is 2.20. The molecule has 0 spiro atoms. The van der Waals surface area contributed by atoms with Gasteiger partial charge in [-0.1, -0.05) is 13.3 Å². The number of thiol groups is 1. The van der Waals surface area contributed by atoms with Gasteiger partial charge in [0.2, 0.25) is 11.8 Å². The molecule has 0 aromatic carbocycles. The van der Waals surface area contributed by atoms with Crippen molar-refractivity contribution in [2.75, 3.05) is 18.8 Å². The predicted octanol–water partition coefficient (Wildman–Crippen LogP) is 1.46. The van der Waals surface area contributed by atoms with Gasteiger partial charge >= 0.3 is 0 Å². The Labute approximate surface area is 115 Å². The monoisotopic (exact) mass is 272 g/mol. The summed E-state index contributed by atoms with van der Waals surface area (Å²) in [6, 6.07) is -0.482. The molecule has 2 atom stereocenters. The van der Waals surface area contributed by atoms with Gasteiger partial charge in [0, 0.05) is 25.8 Å². The Balaban J connectivity index is 2.56. The maximum absolute atomic E-state index is 12.3. The smallest absolute Gasteiger partial charge is 0.245 e. The third-order valence-electron chi connectivity index (χ3n) is 3.59. The molecule has 1 aliphatic heterocycles.